The van der Waals surface area contributed by atoms with E-state index < -0.39 is 6.43 Å². The average molecular weight is 135 g/mol. The van der Waals surface area contributed by atoms with E-state index in [1.165, 1.54) is 0 Å². The lowest BCUT2D eigenvalue weighted by atomic mass is 10.3. The summed E-state index contributed by atoms with van der Waals surface area (Å²) in [6.45, 7) is 4.95. The third-order valence-corrected chi connectivity index (χ3v) is 0.948. The predicted molar refractivity (Wildman–Crippen MR) is 33.7 cm³/mol. The van der Waals surface area contributed by atoms with Gasteiger partial charge in [-0.15, -0.1) is 6.58 Å². The lowest BCUT2D eigenvalue weighted by molar-refractivity contribution is 0.144. The molecule has 0 heterocycles. The summed E-state index contributed by atoms with van der Waals surface area (Å²) in [5.74, 6) is 0. The molecule has 9 heavy (non-hydrogen) atoms. The molecule has 0 aromatic heterocycles. The van der Waals surface area contributed by atoms with Gasteiger partial charge in [-0.25, -0.2) is 8.78 Å². The summed E-state index contributed by atoms with van der Waals surface area (Å²) in [7, 11) is 0. The summed E-state index contributed by atoms with van der Waals surface area (Å²) in [6, 6.07) is -0.0287. The van der Waals surface area contributed by atoms with Gasteiger partial charge in [-0.05, 0) is 6.92 Å². The van der Waals surface area contributed by atoms with Gasteiger partial charge in [-0.3, -0.25) is 0 Å². The van der Waals surface area contributed by atoms with Crippen molar-refractivity contribution in [2.45, 2.75) is 19.4 Å². The van der Waals surface area contributed by atoms with Gasteiger partial charge < -0.3 is 5.32 Å². The molecule has 0 spiro atoms. The number of alkyl halides is 2. The standard InChI is InChI=1S/C6H11F2N/c1-3-5(2)9-4-6(7)8/h3,5-6,9H,1,4H2,2H3/t5-/m0/s1. The normalized spacial score (nSPS) is 13.8. The first kappa shape index (κ1) is 8.56. The van der Waals surface area contributed by atoms with E-state index in [9.17, 15) is 8.78 Å². The summed E-state index contributed by atoms with van der Waals surface area (Å²) in [5.41, 5.74) is 0. The van der Waals surface area contributed by atoms with Gasteiger partial charge >= 0.3 is 0 Å². The van der Waals surface area contributed by atoms with Crippen molar-refractivity contribution in [2.75, 3.05) is 6.54 Å². The average Bonchev–Trinajstić information content (AvgIpc) is 1.83. The van der Waals surface area contributed by atoms with Gasteiger partial charge in [0.1, 0.15) is 0 Å². The van der Waals surface area contributed by atoms with Gasteiger partial charge in [0.15, 0.2) is 0 Å². The van der Waals surface area contributed by atoms with Crippen LogP contribution in [0.15, 0.2) is 12.7 Å². The second-order valence-electron chi connectivity index (χ2n) is 1.82. The minimum atomic E-state index is -2.27. The van der Waals surface area contributed by atoms with Gasteiger partial charge in [0.2, 0.25) is 0 Å². The number of hydrogen-bond donors (Lipinski definition) is 1. The van der Waals surface area contributed by atoms with Crippen molar-refractivity contribution in [1.29, 1.82) is 0 Å². The molecule has 0 bridgehead atoms. The predicted octanol–water partition coefficient (Wildman–Crippen LogP) is 1.42. The lowest BCUT2D eigenvalue weighted by Crippen LogP contribution is -2.28. The first-order chi connectivity index (χ1) is 4.16. The van der Waals surface area contributed by atoms with Gasteiger partial charge in [0.25, 0.3) is 6.43 Å². The Morgan fingerprint density at radius 1 is 1.67 bits per heavy atom. The fourth-order valence-corrected chi connectivity index (χ4v) is 0.358. The lowest BCUT2D eigenvalue weighted by Gasteiger charge is -2.06. The van der Waals surface area contributed by atoms with Gasteiger partial charge in [0, 0.05) is 6.04 Å². The molecule has 0 aromatic carbocycles. The van der Waals surface area contributed by atoms with Crippen molar-refractivity contribution in [2.24, 2.45) is 0 Å². The third-order valence-electron chi connectivity index (χ3n) is 0.948. The Balaban J connectivity index is 3.16. The highest BCUT2D eigenvalue weighted by Gasteiger charge is 2.01. The highest BCUT2D eigenvalue weighted by molar-refractivity contribution is 4.80. The molecular formula is C6H11F2N. The molecule has 0 saturated carbocycles. The maximum Gasteiger partial charge on any atom is 0.250 e. The van der Waals surface area contributed by atoms with Crippen LogP contribution in [-0.4, -0.2) is 19.0 Å². The molecule has 1 nitrogen and oxygen atoms in total. The Labute approximate surface area is 53.8 Å². The molecule has 54 valence electrons. The van der Waals surface area contributed by atoms with Crippen LogP contribution >= 0.6 is 0 Å². The quantitative estimate of drug-likeness (QED) is 0.575. The molecule has 0 amide bonds. The Morgan fingerprint density at radius 3 is 2.56 bits per heavy atom. The molecule has 0 aliphatic carbocycles. The van der Waals surface area contributed by atoms with Crippen LogP contribution in [0.2, 0.25) is 0 Å². The molecule has 0 rings (SSSR count). The topological polar surface area (TPSA) is 12.0 Å². The SMILES string of the molecule is C=C[C@H](C)NCC(F)F. The fraction of sp³-hybridized carbons (Fsp3) is 0.667. The Morgan fingerprint density at radius 2 is 2.22 bits per heavy atom. The zero-order valence-corrected chi connectivity index (χ0v) is 5.40. The molecule has 1 N–H and O–H groups in total. The highest BCUT2D eigenvalue weighted by atomic mass is 19.3. The molecule has 0 radical (unpaired) electrons. The fourth-order valence-electron chi connectivity index (χ4n) is 0.358. The van der Waals surface area contributed by atoms with E-state index in [4.69, 9.17) is 0 Å². The maximum absolute atomic E-state index is 11.4. The highest BCUT2D eigenvalue weighted by Crippen LogP contribution is 1.89. The molecule has 0 saturated heterocycles. The number of halogens is 2. The van der Waals surface area contributed by atoms with E-state index >= 15 is 0 Å². The minimum absolute atomic E-state index is 0.0287. The molecule has 0 aliphatic heterocycles. The van der Waals surface area contributed by atoms with Crippen LogP contribution in [0, 0.1) is 0 Å². The van der Waals surface area contributed by atoms with E-state index in [1.807, 2.05) is 0 Å². The van der Waals surface area contributed by atoms with E-state index in [2.05, 4.69) is 11.9 Å². The molecular weight excluding hydrogens is 124 g/mol. The maximum atomic E-state index is 11.4. The van der Waals surface area contributed by atoms with Crippen molar-refractivity contribution in [3.8, 4) is 0 Å². The van der Waals surface area contributed by atoms with Crippen LogP contribution in [0.25, 0.3) is 0 Å². The number of hydrogen-bond acceptors (Lipinski definition) is 1. The van der Waals surface area contributed by atoms with Crippen LogP contribution in [0.1, 0.15) is 6.92 Å². The molecule has 0 aromatic rings. The van der Waals surface area contributed by atoms with E-state index in [0.29, 0.717) is 0 Å². The molecule has 3 heteroatoms. The molecule has 0 fully saturated rings. The summed E-state index contributed by atoms with van der Waals surface area (Å²) < 4.78 is 22.9. The van der Waals surface area contributed by atoms with E-state index in [1.54, 1.807) is 13.0 Å². The van der Waals surface area contributed by atoms with Crippen LogP contribution in [-0.2, 0) is 0 Å². The molecule has 0 aliphatic rings. The van der Waals surface area contributed by atoms with Crippen LogP contribution in [0.3, 0.4) is 0 Å². The Bertz CT molecular complexity index is 83.1. The second kappa shape index (κ2) is 4.44. The zero-order valence-electron chi connectivity index (χ0n) is 5.40. The van der Waals surface area contributed by atoms with Crippen molar-refractivity contribution < 1.29 is 8.78 Å². The van der Waals surface area contributed by atoms with E-state index in [0.717, 1.165) is 0 Å². The number of nitrogens with one attached hydrogen (secondary N) is 1. The van der Waals surface area contributed by atoms with Crippen molar-refractivity contribution in [3.63, 3.8) is 0 Å². The first-order valence-electron chi connectivity index (χ1n) is 2.81. The largest absolute Gasteiger partial charge is 0.305 e. The van der Waals surface area contributed by atoms with Crippen molar-refractivity contribution in [1.82, 2.24) is 5.32 Å². The summed E-state index contributed by atoms with van der Waals surface area (Å²) in [5, 5.41) is 2.56. The van der Waals surface area contributed by atoms with Crippen LogP contribution < -0.4 is 5.32 Å². The smallest absolute Gasteiger partial charge is 0.250 e. The van der Waals surface area contributed by atoms with Crippen LogP contribution in [0.5, 0.6) is 0 Å². The second-order valence-corrected chi connectivity index (χ2v) is 1.82. The first-order valence-corrected chi connectivity index (χ1v) is 2.81. The van der Waals surface area contributed by atoms with Crippen LogP contribution in [0.4, 0.5) is 8.78 Å². The summed E-state index contributed by atoms with van der Waals surface area (Å²) >= 11 is 0. The zero-order chi connectivity index (χ0) is 7.28. The van der Waals surface area contributed by atoms with Crippen molar-refractivity contribution >= 4 is 0 Å². The summed E-state index contributed by atoms with van der Waals surface area (Å²) in [6.07, 6.45) is -0.685. The van der Waals surface area contributed by atoms with Gasteiger partial charge in [-0.2, -0.15) is 0 Å². The Kier molecular flexibility index (Phi) is 4.22. The minimum Gasteiger partial charge on any atom is -0.305 e. The number of rotatable bonds is 4. The van der Waals surface area contributed by atoms with Gasteiger partial charge in [-0.1, -0.05) is 6.08 Å². The Hall–Kier alpha value is -0.440. The monoisotopic (exact) mass is 135 g/mol. The third kappa shape index (κ3) is 5.43. The molecule has 1 atom stereocenters. The summed E-state index contributed by atoms with van der Waals surface area (Å²) in [4.78, 5) is 0. The molecule has 0 unspecified atom stereocenters. The van der Waals surface area contributed by atoms with E-state index in [-0.39, 0.29) is 12.6 Å². The van der Waals surface area contributed by atoms with Crippen molar-refractivity contribution in [3.05, 3.63) is 12.7 Å². The van der Waals surface area contributed by atoms with Gasteiger partial charge in [0.05, 0.1) is 6.54 Å².